The van der Waals surface area contributed by atoms with Gasteiger partial charge in [-0.1, -0.05) is 40.9 Å². The van der Waals surface area contributed by atoms with Crippen LogP contribution in [0.1, 0.15) is 10.4 Å². The second-order valence-electron chi connectivity index (χ2n) is 5.47. The first-order valence-corrected chi connectivity index (χ1v) is 8.66. The molecule has 0 aliphatic rings. The zero-order chi connectivity index (χ0) is 20.6. The third kappa shape index (κ3) is 3.47. The highest BCUT2D eigenvalue weighted by Crippen LogP contribution is 2.28. The smallest absolute Gasteiger partial charge is 0.377 e. The SMILES string of the molecule is CN(C(=O)n1nnn(-c2c(Cl)cccc2Cl)c1=O)c1cc(C(=O)O)ccc1Cl. The lowest BCUT2D eigenvalue weighted by Gasteiger charge is -2.17. The summed E-state index contributed by atoms with van der Waals surface area (Å²) in [6.07, 6.45) is 0. The predicted molar refractivity (Wildman–Crippen MR) is 103 cm³/mol. The van der Waals surface area contributed by atoms with Gasteiger partial charge in [-0.2, -0.15) is 4.68 Å². The van der Waals surface area contributed by atoms with Gasteiger partial charge in [0.05, 0.1) is 26.3 Å². The molecule has 0 aliphatic carbocycles. The number of anilines is 1. The van der Waals surface area contributed by atoms with Gasteiger partial charge in [-0.15, -0.1) is 4.68 Å². The number of rotatable bonds is 3. The quantitative estimate of drug-likeness (QED) is 0.624. The second kappa shape index (κ2) is 7.63. The van der Waals surface area contributed by atoms with E-state index < -0.39 is 17.7 Å². The van der Waals surface area contributed by atoms with Crippen molar-refractivity contribution < 1.29 is 14.7 Å². The fraction of sp³-hybridized carbons (Fsp3) is 0.0625. The molecule has 0 spiro atoms. The van der Waals surface area contributed by atoms with Crippen LogP contribution in [0.3, 0.4) is 0 Å². The first-order valence-electron chi connectivity index (χ1n) is 7.52. The third-order valence-electron chi connectivity index (χ3n) is 3.75. The minimum absolute atomic E-state index is 0.0726. The van der Waals surface area contributed by atoms with Crippen LogP contribution in [0.25, 0.3) is 5.69 Å². The molecule has 0 unspecified atom stereocenters. The van der Waals surface area contributed by atoms with Gasteiger partial charge < -0.3 is 5.11 Å². The Morgan fingerprint density at radius 3 is 2.29 bits per heavy atom. The van der Waals surface area contributed by atoms with Gasteiger partial charge in [0.25, 0.3) is 0 Å². The summed E-state index contributed by atoms with van der Waals surface area (Å²) in [7, 11) is 1.31. The second-order valence-corrected chi connectivity index (χ2v) is 6.69. The van der Waals surface area contributed by atoms with Crippen LogP contribution >= 0.6 is 34.8 Å². The molecule has 0 bridgehead atoms. The van der Waals surface area contributed by atoms with E-state index in [-0.39, 0.29) is 32.0 Å². The normalized spacial score (nSPS) is 10.7. The maximum Gasteiger partial charge on any atom is 0.377 e. The molecule has 0 saturated heterocycles. The summed E-state index contributed by atoms with van der Waals surface area (Å²) in [6.45, 7) is 0. The van der Waals surface area contributed by atoms with E-state index in [9.17, 15) is 14.4 Å². The van der Waals surface area contributed by atoms with Crippen LogP contribution < -0.4 is 10.6 Å². The largest absolute Gasteiger partial charge is 0.478 e. The molecule has 12 heteroatoms. The van der Waals surface area contributed by atoms with Gasteiger partial charge in [0.15, 0.2) is 0 Å². The van der Waals surface area contributed by atoms with E-state index in [1.165, 1.54) is 37.4 Å². The predicted octanol–water partition coefficient (Wildman–Crippen LogP) is 3.19. The van der Waals surface area contributed by atoms with Crippen LogP contribution in [-0.2, 0) is 0 Å². The van der Waals surface area contributed by atoms with Crippen LogP contribution in [0.5, 0.6) is 0 Å². The first-order chi connectivity index (χ1) is 13.2. The zero-order valence-electron chi connectivity index (χ0n) is 14.0. The highest BCUT2D eigenvalue weighted by Gasteiger charge is 2.24. The van der Waals surface area contributed by atoms with E-state index >= 15 is 0 Å². The average molecular weight is 443 g/mol. The van der Waals surface area contributed by atoms with E-state index in [0.717, 1.165) is 9.58 Å². The number of carboxylic acid groups (broad SMARTS) is 1. The summed E-state index contributed by atoms with van der Waals surface area (Å²) in [4.78, 5) is 37.5. The highest BCUT2D eigenvalue weighted by atomic mass is 35.5. The fourth-order valence-electron chi connectivity index (χ4n) is 2.35. The molecule has 0 saturated carbocycles. The molecule has 0 fully saturated rings. The number of halogens is 3. The number of carbonyl (C=O) groups is 2. The Hall–Kier alpha value is -2.88. The van der Waals surface area contributed by atoms with Gasteiger partial charge in [-0.25, -0.2) is 14.4 Å². The lowest BCUT2D eigenvalue weighted by atomic mass is 10.2. The minimum Gasteiger partial charge on any atom is -0.478 e. The Bertz CT molecular complexity index is 1140. The Morgan fingerprint density at radius 1 is 1.04 bits per heavy atom. The van der Waals surface area contributed by atoms with Crippen molar-refractivity contribution in [1.82, 2.24) is 19.8 Å². The van der Waals surface area contributed by atoms with Crippen molar-refractivity contribution in [2.24, 2.45) is 0 Å². The van der Waals surface area contributed by atoms with Gasteiger partial charge in [0.1, 0.15) is 5.69 Å². The molecule has 1 N–H and O–H groups in total. The number of hydrogen-bond donors (Lipinski definition) is 1. The zero-order valence-corrected chi connectivity index (χ0v) is 16.3. The monoisotopic (exact) mass is 441 g/mol. The number of hydrogen-bond acceptors (Lipinski definition) is 5. The standard InChI is InChI=1S/C16H10Cl3N5O4/c1-22(12-7-8(14(25)26)5-6-9(12)17)15(27)24-16(28)23(20-21-24)13-10(18)3-2-4-11(13)19/h2-7H,1H3,(H,25,26). The number of tetrazole rings is 1. The van der Waals surface area contributed by atoms with Gasteiger partial charge in [0.2, 0.25) is 0 Å². The van der Waals surface area contributed by atoms with Gasteiger partial charge in [-0.3, -0.25) is 4.90 Å². The molecule has 144 valence electrons. The number of aromatic carboxylic acids is 1. The van der Waals surface area contributed by atoms with Crippen LogP contribution in [0.4, 0.5) is 10.5 Å². The summed E-state index contributed by atoms with van der Waals surface area (Å²) in [6, 6.07) is 7.48. The molecular formula is C16H10Cl3N5O4. The lowest BCUT2D eigenvalue weighted by Crippen LogP contribution is -2.39. The topological polar surface area (TPSA) is 110 Å². The highest BCUT2D eigenvalue weighted by molar-refractivity contribution is 6.37. The average Bonchev–Trinajstić information content (AvgIpc) is 3.02. The number of carboxylic acids is 1. The number of aromatic nitrogens is 4. The number of nitrogens with zero attached hydrogens (tertiary/aromatic N) is 5. The fourth-order valence-corrected chi connectivity index (χ4v) is 3.15. The molecule has 2 aromatic carbocycles. The maximum absolute atomic E-state index is 12.7. The summed E-state index contributed by atoms with van der Waals surface area (Å²) in [5, 5.41) is 16.7. The number of para-hydroxylation sites is 1. The number of benzene rings is 2. The van der Waals surface area contributed by atoms with Gasteiger partial charge in [-0.05, 0) is 40.8 Å². The lowest BCUT2D eigenvalue weighted by molar-refractivity contribution is 0.0697. The number of carbonyl (C=O) groups excluding carboxylic acids is 1. The van der Waals surface area contributed by atoms with Crippen molar-refractivity contribution >= 4 is 52.5 Å². The van der Waals surface area contributed by atoms with E-state index in [1.54, 1.807) is 6.07 Å². The molecular weight excluding hydrogens is 433 g/mol. The molecule has 28 heavy (non-hydrogen) atoms. The van der Waals surface area contributed by atoms with E-state index in [0.29, 0.717) is 4.68 Å². The molecule has 0 aliphatic heterocycles. The van der Waals surface area contributed by atoms with Crippen molar-refractivity contribution in [1.29, 1.82) is 0 Å². The maximum atomic E-state index is 12.7. The Morgan fingerprint density at radius 2 is 1.68 bits per heavy atom. The van der Waals surface area contributed by atoms with Crippen LogP contribution in [0, 0.1) is 0 Å². The van der Waals surface area contributed by atoms with E-state index in [1.807, 2.05) is 0 Å². The molecule has 9 nitrogen and oxygen atoms in total. The Kier molecular flexibility index (Phi) is 5.41. The first kappa shape index (κ1) is 19.9. The summed E-state index contributed by atoms with van der Waals surface area (Å²) < 4.78 is 1.26. The van der Waals surface area contributed by atoms with Crippen molar-refractivity contribution in [3.63, 3.8) is 0 Å². The molecule has 1 amide bonds. The summed E-state index contributed by atoms with van der Waals surface area (Å²) >= 11 is 18.2. The Labute approximate surface area is 172 Å². The minimum atomic E-state index is -1.20. The van der Waals surface area contributed by atoms with Gasteiger partial charge >= 0.3 is 17.7 Å². The third-order valence-corrected chi connectivity index (χ3v) is 4.68. The van der Waals surface area contributed by atoms with E-state index in [2.05, 4.69) is 10.4 Å². The van der Waals surface area contributed by atoms with Crippen LogP contribution in [0.15, 0.2) is 41.2 Å². The van der Waals surface area contributed by atoms with Crippen molar-refractivity contribution in [3.8, 4) is 5.69 Å². The molecule has 0 atom stereocenters. The van der Waals surface area contributed by atoms with Crippen molar-refractivity contribution in [2.75, 3.05) is 11.9 Å². The Balaban J connectivity index is 2.03. The van der Waals surface area contributed by atoms with Crippen LogP contribution in [0.2, 0.25) is 15.1 Å². The van der Waals surface area contributed by atoms with Crippen molar-refractivity contribution in [3.05, 3.63) is 67.5 Å². The van der Waals surface area contributed by atoms with Crippen molar-refractivity contribution in [2.45, 2.75) is 0 Å². The molecule has 3 rings (SSSR count). The van der Waals surface area contributed by atoms with Crippen LogP contribution in [-0.4, -0.2) is 43.9 Å². The summed E-state index contributed by atoms with van der Waals surface area (Å²) in [5.74, 6) is -1.20. The molecule has 1 heterocycles. The van der Waals surface area contributed by atoms with Gasteiger partial charge in [0, 0.05) is 7.05 Å². The number of amides is 1. The molecule has 0 radical (unpaired) electrons. The summed E-state index contributed by atoms with van der Waals surface area (Å²) in [5.41, 5.74) is -0.859. The van der Waals surface area contributed by atoms with E-state index in [4.69, 9.17) is 39.9 Å². The molecule has 1 aromatic heterocycles. The molecule has 3 aromatic rings.